The summed E-state index contributed by atoms with van der Waals surface area (Å²) < 4.78 is 5.07. The molecule has 2 amide bonds. The average Bonchev–Trinajstić information content (AvgIpc) is 3.10. The van der Waals surface area contributed by atoms with E-state index >= 15 is 0 Å². The van der Waals surface area contributed by atoms with E-state index in [-0.39, 0.29) is 34.9 Å². The Hall–Kier alpha value is -1.59. The third-order valence-corrected chi connectivity index (χ3v) is 6.96. The summed E-state index contributed by atoms with van der Waals surface area (Å²) in [5, 5.41) is 6.30. The lowest BCUT2D eigenvalue weighted by atomic mass is 9.70. The molecule has 1 saturated heterocycles. The number of hydrogen-bond donors (Lipinski definition) is 2. The van der Waals surface area contributed by atoms with Gasteiger partial charge in [-0.25, -0.2) is 0 Å². The molecule has 0 aromatic rings. The van der Waals surface area contributed by atoms with Gasteiger partial charge in [-0.1, -0.05) is 13.8 Å². The van der Waals surface area contributed by atoms with Crippen LogP contribution in [0, 0.1) is 23.2 Å². The highest BCUT2D eigenvalue weighted by Gasteiger charge is 2.49. The number of amides is 2. The lowest BCUT2D eigenvalue weighted by Gasteiger charge is -2.43. The van der Waals surface area contributed by atoms with Crippen molar-refractivity contribution in [3.8, 4) is 0 Å². The molecule has 2 saturated carbocycles. The van der Waals surface area contributed by atoms with Crippen molar-refractivity contribution < 1.29 is 19.1 Å². The highest BCUT2D eigenvalue weighted by molar-refractivity contribution is 5.89. The third kappa shape index (κ3) is 3.53. The van der Waals surface area contributed by atoms with Crippen LogP contribution in [0.4, 0.5) is 0 Å². The van der Waals surface area contributed by atoms with Crippen molar-refractivity contribution in [2.24, 2.45) is 23.2 Å². The number of ether oxygens (including phenoxy) is 1. The summed E-state index contributed by atoms with van der Waals surface area (Å²) >= 11 is 0. The largest absolute Gasteiger partial charge is 0.465 e. The molecule has 0 aromatic heterocycles. The zero-order valence-electron chi connectivity index (χ0n) is 15.6. The minimum atomic E-state index is -0.448. The van der Waals surface area contributed by atoms with Crippen molar-refractivity contribution in [1.29, 1.82) is 0 Å². The van der Waals surface area contributed by atoms with Gasteiger partial charge in [-0.3, -0.25) is 14.4 Å². The van der Waals surface area contributed by atoms with E-state index in [0.717, 1.165) is 19.3 Å². The van der Waals surface area contributed by atoms with Crippen molar-refractivity contribution in [3.05, 3.63) is 0 Å². The standard InChI is InChI=1S/C19H30N2O4/c1-18(2)6-5-11-7-15(11)20-16(23)13-8-12(25-10-22)9-14(13)17(24)21-19(18,3)4/h10-15H,5-9H2,1-4H3,(H,20,23)(H,21,24). The molecule has 3 aliphatic rings. The first kappa shape index (κ1) is 18.2. The molecule has 140 valence electrons. The molecular weight excluding hydrogens is 320 g/mol. The van der Waals surface area contributed by atoms with Gasteiger partial charge in [-0.2, -0.15) is 0 Å². The number of carbonyl (C=O) groups excluding carboxylic acids is 3. The normalized spacial score (nSPS) is 39.6. The van der Waals surface area contributed by atoms with Crippen LogP contribution in [-0.2, 0) is 19.1 Å². The van der Waals surface area contributed by atoms with E-state index in [1.165, 1.54) is 0 Å². The summed E-state index contributed by atoms with van der Waals surface area (Å²) in [5.74, 6) is -0.511. The van der Waals surface area contributed by atoms with Gasteiger partial charge in [-0.05, 0) is 57.3 Å². The van der Waals surface area contributed by atoms with Gasteiger partial charge in [0, 0.05) is 11.6 Å². The maximum absolute atomic E-state index is 13.0. The maximum Gasteiger partial charge on any atom is 0.293 e. The van der Waals surface area contributed by atoms with Gasteiger partial charge in [0.2, 0.25) is 11.8 Å². The SMILES string of the molecule is CC1(C)CCC2CC2NC(=O)C2CC(OC=O)CC2C(=O)NC1(C)C. The fourth-order valence-corrected chi connectivity index (χ4v) is 4.22. The average molecular weight is 350 g/mol. The lowest BCUT2D eigenvalue weighted by Crippen LogP contribution is -2.56. The third-order valence-electron chi connectivity index (χ3n) is 6.96. The summed E-state index contributed by atoms with van der Waals surface area (Å²) in [6, 6.07) is 0.237. The first-order valence-corrected chi connectivity index (χ1v) is 9.36. The molecule has 2 aliphatic carbocycles. The zero-order chi connectivity index (χ0) is 18.4. The van der Waals surface area contributed by atoms with Gasteiger partial charge in [0.05, 0.1) is 11.8 Å². The zero-order valence-corrected chi connectivity index (χ0v) is 15.6. The molecule has 0 aromatic carbocycles. The summed E-state index contributed by atoms with van der Waals surface area (Å²) in [6.45, 7) is 8.92. The number of rotatable bonds is 2. The lowest BCUT2D eigenvalue weighted by molar-refractivity contribution is -0.136. The second-order valence-corrected chi connectivity index (χ2v) is 9.19. The first-order chi connectivity index (χ1) is 11.6. The van der Waals surface area contributed by atoms with Crippen LogP contribution in [0.2, 0.25) is 0 Å². The van der Waals surface area contributed by atoms with Crippen LogP contribution in [0.25, 0.3) is 0 Å². The van der Waals surface area contributed by atoms with E-state index in [1.807, 2.05) is 0 Å². The van der Waals surface area contributed by atoms with Gasteiger partial charge in [0.1, 0.15) is 6.10 Å². The minimum absolute atomic E-state index is 0.0498. The van der Waals surface area contributed by atoms with Crippen molar-refractivity contribution >= 4 is 18.3 Å². The molecular formula is C19H30N2O4. The Morgan fingerprint density at radius 1 is 1.04 bits per heavy atom. The molecule has 3 rings (SSSR count). The second-order valence-electron chi connectivity index (χ2n) is 9.19. The predicted molar refractivity (Wildman–Crippen MR) is 92.4 cm³/mol. The Morgan fingerprint density at radius 2 is 1.68 bits per heavy atom. The van der Waals surface area contributed by atoms with Crippen LogP contribution in [0.3, 0.4) is 0 Å². The van der Waals surface area contributed by atoms with E-state index in [9.17, 15) is 14.4 Å². The van der Waals surface area contributed by atoms with Gasteiger partial charge >= 0.3 is 0 Å². The van der Waals surface area contributed by atoms with Crippen LogP contribution in [-0.4, -0.2) is 36.0 Å². The van der Waals surface area contributed by atoms with Crippen LogP contribution >= 0.6 is 0 Å². The van der Waals surface area contributed by atoms with Crippen molar-refractivity contribution in [3.63, 3.8) is 0 Å². The summed E-state index contributed by atoms with van der Waals surface area (Å²) in [6.07, 6.45) is 3.55. The molecule has 1 heterocycles. The first-order valence-electron chi connectivity index (χ1n) is 9.36. The van der Waals surface area contributed by atoms with E-state index in [1.54, 1.807) is 0 Å². The molecule has 6 heteroatoms. The maximum atomic E-state index is 13.0. The van der Waals surface area contributed by atoms with E-state index in [2.05, 4.69) is 38.3 Å². The highest BCUT2D eigenvalue weighted by atomic mass is 16.5. The van der Waals surface area contributed by atoms with E-state index in [4.69, 9.17) is 4.74 Å². The molecule has 2 N–H and O–H groups in total. The van der Waals surface area contributed by atoms with Crippen molar-refractivity contribution in [2.75, 3.05) is 0 Å². The molecule has 0 spiro atoms. The van der Waals surface area contributed by atoms with Gasteiger partial charge in [0.15, 0.2) is 0 Å². The molecule has 3 fully saturated rings. The molecule has 5 unspecified atom stereocenters. The number of hydrogen-bond acceptors (Lipinski definition) is 4. The summed E-state index contributed by atoms with van der Waals surface area (Å²) in [5.41, 5.74) is -0.426. The van der Waals surface area contributed by atoms with Gasteiger partial charge in [0.25, 0.3) is 6.47 Å². The van der Waals surface area contributed by atoms with Gasteiger partial charge in [-0.15, -0.1) is 0 Å². The van der Waals surface area contributed by atoms with E-state index < -0.39 is 11.8 Å². The number of nitrogens with one attached hydrogen (secondary N) is 2. The number of carbonyl (C=O) groups is 3. The Kier molecular flexibility index (Phi) is 4.58. The minimum Gasteiger partial charge on any atom is -0.465 e. The van der Waals surface area contributed by atoms with Crippen LogP contribution < -0.4 is 10.6 Å². The Morgan fingerprint density at radius 3 is 2.32 bits per heavy atom. The topological polar surface area (TPSA) is 84.5 Å². The van der Waals surface area contributed by atoms with Crippen LogP contribution in [0.15, 0.2) is 0 Å². The fourth-order valence-electron chi connectivity index (χ4n) is 4.22. The number of fused-ring (bicyclic) bond motifs is 2. The monoisotopic (exact) mass is 350 g/mol. The second kappa shape index (κ2) is 6.29. The Labute approximate surface area is 149 Å². The molecule has 5 atom stereocenters. The van der Waals surface area contributed by atoms with Crippen molar-refractivity contribution in [1.82, 2.24) is 10.6 Å². The highest BCUT2D eigenvalue weighted by Crippen LogP contribution is 2.44. The van der Waals surface area contributed by atoms with Crippen LogP contribution in [0.5, 0.6) is 0 Å². The fraction of sp³-hybridized carbons (Fsp3) is 0.842. The molecule has 1 aliphatic heterocycles. The predicted octanol–water partition coefficient (Wildman–Crippen LogP) is 1.77. The Balaban J connectivity index is 1.85. The molecule has 25 heavy (non-hydrogen) atoms. The van der Waals surface area contributed by atoms with Gasteiger partial charge < -0.3 is 15.4 Å². The van der Waals surface area contributed by atoms with E-state index in [0.29, 0.717) is 25.2 Å². The summed E-state index contributed by atoms with van der Waals surface area (Å²) in [4.78, 5) is 36.4. The molecule has 0 radical (unpaired) electrons. The summed E-state index contributed by atoms with van der Waals surface area (Å²) in [7, 11) is 0. The van der Waals surface area contributed by atoms with Crippen LogP contribution in [0.1, 0.15) is 59.8 Å². The smallest absolute Gasteiger partial charge is 0.293 e. The quantitative estimate of drug-likeness (QED) is 0.744. The van der Waals surface area contributed by atoms with Crippen molar-refractivity contribution in [2.45, 2.75) is 77.5 Å². The molecule has 6 nitrogen and oxygen atoms in total. The molecule has 0 bridgehead atoms. The Bertz CT molecular complexity index is 572.